The van der Waals surface area contributed by atoms with Crippen molar-refractivity contribution in [2.24, 2.45) is 0 Å². The van der Waals surface area contributed by atoms with Gasteiger partial charge >= 0.3 is 0 Å². The van der Waals surface area contributed by atoms with E-state index in [0.717, 1.165) is 0 Å². The average molecular weight is 583 g/mol. The van der Waals surface area contributed by atoms with E-state index in [1.807, 2.05) is 0 Å². The van der Waals surface area contributed by atoms with Gasteiger partial charge in [0.1, 0.15) is 0 Å². The predicted octanol–water partition coefficient (Wildman–Crippen LogP) is 12.7. The first-order valence-electron chi connectivity index (χ1n) is 19.7. The van der Waals surface area contributed by atoms with Gasteiger partial charge in [-0.15, -0.1) is 0 Å². The molecule has 0 amide bonds. The molecule has 0 aliphatic heterocycles. The molecule has 0 fully saturated rings. The minimum absolute atomic E-state index is 1.36. The number of hydrogen-bond donors (Lipinski definition) is 0. The molecule has 0 unspecified atom stereocenters. The van der Waals surface area contributed by atoms with Gasteiger partial charge in [-0.25, -0.2) is 0 Å². The lowest BCUT2D eigenvalue weighted by molar-refractivity contribution is -0.929. The van der Waals surface area contributed by atoms with Crippen molar-refractivity contribution < 1.29 is 8.97 Å². The largest absolute Gasteiger partial charge is 0.324 e. The molecule has 0 N–H and O–H groups in total. The van der Waals surface area contributed by atoms with Crippen molar-refractivity contribution in [3.8, 4) is 0 Å². The Morgan fingerprint density at radius 1 is 0.195 bits per heavy atom. The maximum absolute atomic E-state index is 2.35. The van der Waals surface area contributed by atoms with Crippen molar-refractivity contribution in [3.05, 3.63) is 0 Å². The van der Waals surface area contributed by atoms with Crippen molar-refractivity contribution in [1.82, 2.24) is 0 Å². The fourth-order valence-electron chi connectivity index (χ4n) is 6.58. The third kappa shape index (κ3) is 26.1. The SMILES string of the molecule is CCCCCCCC[N+](CCCC)(CCCC)CCCC.CCCCCCC[N+](CCCC)(CCCC)CCCC. The molecule has 0 bridgehead atoms. The third-order valence-corrected chi connectivity index (χ3v) is 9.64. The fraction of sp³-hybridized carbons (Fsp3) is 1.00. The molecule has 0 saturated carbocycles. The molecular weight excluding hydrogens is 496 g/mol. The zero-order valence-corrected chi connectivity index (χ0v) is 30.8. The molecule has 0 heterocycles. The molecule has 0 atom stereocenters. The van der Waals surface area contributed by atoms with Gasteiger partial charge in [-0.3, -0.25) is 0 Å². The van der Waals surface area contributed by atoms with E-state index in [-0.39, 0.29) is 0 Å². The molecular formula is C39H86N2+2. The van der Waals surface area contributed by atoms with Crippen molar-refractivity contribution in [1.29, 1.82) is 0 Å². The van der Waals surface area contributed by atoms with E-state index in [1.54, 1.807) is 0 Å². The summed E-state index contributed by atoms with van der Waals surface area (Å²) in [7, 11) is 0. The molecule has 0 spiro atoms. The topological polar surface area (TPSA) is 0 Å². The standard InChI is InChI=1S/C20H44N.C19H42N/c1-5-9-13-14-15-16-20-21(17-10-6-2,18-11-7-3)19-12-8-4;1-5-9-13-14-15-19-20(16-10-6-2,17-11-7-3)18-12-8-4/h5-20H2,1-4H3;5-19H2,1-4H3/q2*+1. The van der Waals surface area contributed by atoms with Gasteiger partial charge in [-0.2, -0.15) is 0 Å². The van der Waals surface area contributed by atoms with Crippen LogP contribution in [0, 0.1) is 0 Å². The summed E-state index contributed by atoms with van der Waals surface area (Å²) in [6.07, 6.45) is 32.4. The third-order valence-electron chi connectivity index (χ3n) is 9.64. The van der Waals surface area contributed by atoms with Crippen molar-refractivity contribution in [3.63, 3.8) is 0 Å². The van der Waals surface area contributed by atoms with Gasteiger partial charge in [0.2, 0.25) is 0 Å². The lowest BCUT2D eigenvalue weighted by Gasteiger charge is -2.39. The number of unbranched alkanes of at least 4 members (excludes halogenated alkanes) is 15. The van der Waals surface area contributed by atoms with Crippen LogP contribution in [0.5, 0.6) is 0 Å². The van der Waals surface area contributed by atoms with E-state index >= 15 is 0 Å². The van der Waals surface area contributed by atoms with E-state index in [1.165, 1.54) is 209 Å². The lowest BCUT2D eigenvalue weighted by atomic mass is 10.1. The zero-order valence-electron chi connectivity index (χ0n) is 30.8. The van der Waals surface area contributed by atoms with E-state index in [9.17, 15) is 0 Å². The van der Waals surface area contributed by atoms with Crippen LogP contribution >= 0.6 is 0 Å². The van der Waals surface area contributed by atoms with Gasteiger partial charge in [0, 0.05) is 0 Å². The Kier molecular flexibility index (Phi) is 34.5. The van der Waals surface area contributed by atoms with Gasteiger partial charge in [0.15, 0.2) is 0 Å². The molecule has 0 aliphatic rings. The first kappa shape index (κ1) is 43.0. The summed E-state index contributed by atoms with van der Waals surface area (Å²) in [5, 5.41) is 0. The Hall–Kier alpha value is -0.0800. The fourth-order valence-corrected chi connectivity index (χ4v) is 6.58. The minimum Gasteiger partial charge on any atom is -0.324 e. The summed E-state index contributed by atoms with van der Waals surface area (Å²) < 4.78 is 2.87. The molecule has 0 aromatic heterocycles. The highest BCUT2D eigenvalue weighted by molar-refractivity contribution is 4.52. The number of rotatable bonds is 31. The second-order valence-corrected chi connectivity index (χ2v) is 13.8. The number of hydrogen-bond acceptors (Lipinski definition) is 0. The van der Waals surface area contributed by atoms with Crippen molar-refractivity contribution >= 4 is 0 Å². The highest BCUT2D eigenvalue weighted by Crippen LogP contribution is 2.19. The van der Waals surface area contributed by atoms with Gasteiger partial charge in [0.25, 0.3) is 0 Å². The quantitative estimate of drug-likeness (QED) is 0.0563. The minimum atomic E-state index is 1.36. The predicted molar refractivity (Wildman–Crippen MR) is 191 cm³/mol. The molecule has 0 rings (SSSR count). The van der Waals surface area contributed by atoms with Crippen LogP contribution in [-0.4, -0.2) is 61.3 Å². The lowest BCUT2D eigenvalue weighted by Crippen LogP contribution is -2.50. The maximum Gasteiger partial charge on any atom is 0.0786 e. The maximum atomic E-state index is 2.35. The molecule has 0 saturated heterocycles. The first-order chi connectivity index (χ1) is 20.0. The molecule has 250 valence electrons. The van der Waals surface area contributed by atoms with Gasteiger partial charge in [-0.05, 0) is 64.2 Å². The molecule has 0 aromatic rings. The Morgan fingerprint density at radius 2 is 0.366 bits per heavy atom. The second-order valence-electron chi connectivity index (χ2n) is 13.8. The summed E-state index contributed by atoms with van der Waals surface area (Å²) in [5.41, 5.74) is 0. The highest BCUT2D eigenvalue weighted by atomic mass is 15.4. The Balaban J connectivity index is 0. The molecule has 2 nitrogen and oxygen atoms in total. The molecule has 41 heavy (non-hydrogen) atoms. The van der Waals surface area contributed by atoms with Crippen LogP contribution in [0.25, 0.3) is 0 Å². The molecule has 0 aliphatic carbocycles. The van der Waals surface area contributed by atoms with E-state index in [0.29, 0.717) is 0 Å². The van der Waals surface area contributed by atoms with E-state index in [4.69, 9.17) is 0 Å². The second kappa shape index (κ2) is 32.8. The highest BCUT2D eigenvalue weighted by Gasteiger charge is 2.26. The Bertz CT molecular complexity index is 431. The normalized spacial score (nSPS) is 12.0. The van der Waals surface area contributed by atoms with Crippen LogP contribution in [-0.2, 0) is 0 Å². The van der Waals surface area contributed by atoms with Gasteiger partial charge in [0.05, 0.1) is 52.4 Å². The monoisotopic (exact) mass is 583 g/mol. The van der Waals surface area contributed by atoms with Crippen molar-refractivity contribution in [2.45, 2.75) is 203 Å². The Morgan fingerprint density at radius 3 is 0.585 bits per heavy atom. The summed E-state index contributed by atoms with van der Waals surface area (Å²) in [5.74, 6) is 0. The van der Waals surface area contributed by atoms with E-state index < -0.39 is 0 Å². The zero-order chi connectivity index (χ0) is 30.9. The molecule has 0 radical (unpaired) electrons. The van der Waals surface area contributed by atoms with Crippen LogP contribution in [0.3, 0.4) is 0 Å². The van der Waals surface area contributed by atoms with Crippen molar-refractivity contribution in [2.75, 3.05) is 52.4 Å². The summed E-state index contributed by atoms with van der Waals surface area (Å²) in [6, 6.07) is 0. The average Bonchev–Trinajstić information content (AvgIpc) is 3.00. The van der Waals surface area contributed by atoms with Crippen LogP contribution in [0.2, 0.25) is 0 Å². The Labute approximate surface area is 264 Å². The van der Waals surface area contributed by atoms with Crippen LogP contribution in [0.4, 0.5) is 0 Å². The smallest absolute Gasteiger partial charge is 0.0786 e. The van der Waals surface area contributed by atoms with Crippen LogP contribution < -0.4 is 0 Å². The summed E-state index contributed by atoms with van der Waals surface area (Å²) in [6.45, 7) is 30.2. The van der Waals surface area contributed by atoms with Gasteiger partial charge < -0.3 is 8.97 Å². The number of nitrogens with zero attached hydrogens (tertiary/aromatic N) is 2. The first-order valence-corrected chi connectivity index (χ1v) is 19.7. The summed E-state index contributed by atoms with van der Waals surface area (Å²) in [4.78, 5) is 0. The molecule has 2 heteroatoms. The number of quaternary nitrogens is 2. The summed E-state index contributed by atoms with van der Waals surface area (Å²) >= 11 is 0. The van der Waals surface area contributed by atoms with Crippen LogP contribution in [0.1, 0.15) is 203 Å². The van der Waals surface area contributed by atoms with Gasteiger partial charge in [-0.1, -0.05) is 139 Å². The van der Waals surface area contributed by atoms with Crippen LogP contribution in [0.15, 0.2) is 0 Å². The van der Waals surface area contributed by atoms with E-state index in [2.05, 4.69) is 55.4 Å². The molecule has 0 aromatic carbocycles.